The maximum atomic E-state index is 11.6. The maximum absolute atomic E-state index is 11.6. The highest BCUT2D eigenvalue weighted by molar-refractivity contribution is 6.04. The van der Waals surface area contributed by atoms with Crippen LogP contribution < -0.4 is 5.73 Å². The van der Waals surface area contributed by atoms with E-state index in [0.717, 1.165) is 16.5 Å². The van der Waals surface area contributed by atoms with E-state index in [9.17, 15) is 4.79 Å². The van der Waals surface area contributed by atoms with E-state index >= 15 is 0 Å². The number of nitrogens with zero attached hydrogens (tertiary/aromatic N) is 3. The molecule has 0 bridgehead atoms. The van der Waals surface area contributed by atoms with Crippen LogP contribution in [0.2, 0.25) is 0 Å². The third kappa shape index (κ3) is 3.32. The summed E-state index contributed by atoms with van der Waals surface area (Å²) in [5.74, 6) is 0.582. The molecule has 1 amide bonds. The van der Waals surface area contributed by atoms with Crippen LogP contribution in [0.25, 0.3) is 10.9 Å². The molecule has 0 aliphatic heterocycles. The van der Waals surface area contributed by atoms with Gasteiger partial charge in [0.15, 0.2) is 5.82 Å². The molecule has 0 fully saturated rings. The predicted octanol–water partition coefficient (Wildman–Crippen LogP) is 2.43. The Balaban J connectivity index is 1.48. The van der Waals surface area contributed by atoms with Crippen molar-refractivity contribution in [3.63, 3.8) is 0 Å². The molecule has 0 saturated heterocycles. The summed E-state index contributed by atoms with van der Waals surface area (Å²) in [5.41, 5.74) is 8.55. The summed E-state index contributed by atoms with van der Waals surface area (Å²) in [6, 6.07) is 13.7. The fraction of sp³-hybridized carbons (Fsp3) is 0.105. The number of H-pyrrole nitrogens is 1. The van der Waals surface area contributed by atoms with Gasteiger partial charge in [0.05, 0.1) is 23.7 Å². The molecule has 4 aromatic rings. The van der Waals surface area contributed by atoms with Gasteiger partial charge in [0.1, 0.15) is 0 Å². The second-order valence-electron chi connectivity index (χ2n) is 5.96. The lowest BCUT2D eigenvalue weighted by Gasteiger charge is -2.03. The molecule has 1 radical (unpaired) electrons. The van der Waals surface area contributed by atoms with Gasteiger partial charge in [0.2, 0.25) is 5.89 Å². The van der Waals surface area contributed by atoms with Crippen molar-refractivity contribution in [2.24, 2.45) is 5.73 Å². The van der Waals surface area contributed by atoms with Crippen molar-refractivity contribution in [2.75, 3.05) is 0 Å². The monoisotopic (exact) mass is 346 g/mol. The van der Waals surface area contributed by atoms with Gasteiger partial charge in [-0.15, -0.1) is 0 Å². The van der Waals surface area contributed by atoms with Crippen molar-refractivity contribution in [2.45, 2.75) is 12.8 Å². The van der Waals surface area contributed by atoms with Crippen LogP contribution in [0.5, 0.6) is 0 Å². The van der Waals surface area contributed by atoms with Gasteiger partial charge in [-0.2, -0.15) is 10.1 Å². The fourth-order valence-corrected chi connectivity index (χ4v) is 2.84. The minimum atomic E-state index is -0.496. The first-order valence-corrected chi connectivity index (χ1v) is 8.14. The van der Waals surface area contributed by atoms with Crippen LogP contribution in [0.1, 0.15) is 33.2 Å². The van der Waals surface area contributed by atoms with Crippen LogP contribution in [0.3, 0.4) is 0 Å². The number of rotatable bonds is 6. The van der Waals surface area contributed by atoms with Crippen LogP contribution in [-0.4, -0.2) is 26.2 Å². The van der Waals surface area contributed by atoms with E-state index < -0.39 is 5.91 Å². The van der Waals surface area contributed by atoms with Gasteiger partial charge in [-0.3, -0.25) is 9.89 Å². The Morgan fingerprint density at radius 1 is 1.19 bits per heavy atom. The molecule has 0 saturated carbocycles. The van der Waals surface area contributed by atoms with Crippen LogP contribution in [0, 0.1) is 6.42 Å². The van der Waals surface area contributed by atoms with Gasteiger partial charge >= 0.3 is 0 Å². The average molecular weight is 346 g/mol. The van der Waals surface area contributed by atoms with Gasteiger partial charge < -0.3 is 10.3 Å². The molecule has 0 unspecified atom stereocenters. The summed E-state index contributed by atoms with van der Waals surface area (Å²) in [5, 5.41) is 11.6. The minimum absolute atomic E-state index is 0.415. The Hall–Kier alpha value is -3.48. The van der Waals surface area contributed by atoms with Crippen LogP contribution in [-0.2, 0) is 12.8 Å². The molecule has 2 heterocycles. The largest absolute Gasteiger partial charge is 0.366 e. The highest BCUT2D eigenvalue weighted by Crippen LogP contribution is 2.20. The minimum Gasteiger partial charge on any atom is -0.366 e. The SMILES string of the molecule is NC(=O)c1cc(C[CH]c2nc(Cc3ccccc3)no2)cc2cn[nH]c12. The number of aromatic nitrogens is 4. The Labute approximate surface area is 149 Å². The molecule has 0 aliphatic carbocycles. The summed E-state index contributed by atoms with van der Waals surface area (Å²) < 4.78 is 5.28. The molecule has 2 aromatic heterocycles. The zero-order valence-electron chi connectivity index (χ0n) is 13.8. The number of hydrogen-bond acceptors (Lipinski definition) is 5. The topological polar surface area (TPSA) is 111 Å². The van der Waals surface area contributed by atoms with Gasteiger partial charge in [-0.25, -0.2) is 0 Å². The molecule has 0 atom stereocenters. The van der Waals surface area contributed by atoms with Crippen LogP contribution in [0.15, 0.2) is 53.2 Å². The predicted molar refractivity (Wildman–Crippen MR) is 95.3 cm³/mol. The Kier molecular flexibility index (Phi) is 4.18. The first-order valence-electron chi connectivity index (χ1n) is 8.14. The number of aromatic amines is 1. The van der Waals surface area contributed by atoms with E-state index in [0.29, 0.717) is 35.6 Å². The van der Waals surface area contributed by atoms with E-state index in [1.807, 2.05) is 42.8 Å². The number of hydrogen-bond donors (Lipinski definition) is 2. The molecule has 26 heavy (non-hydrogen) atoms. The molecule has 0 aliphatic rings. The van der Waals surface area contributed by atoms with Crippen molar-refractivity contribution >= 4 is 16.8 Å². The molecule has 3 N–H and O–H groups in total. The summed E-state index contributed by atoms with van der Waals surface area (Å²) in [7, 11) is 0. The van der Waals surface area contributed by atoms with Crippen molar-refractivity contribution in [1.29, 1.82) is 0 Å². The molecular formula is C19H16N5O2. The smallest absolute Gasteiger partial charge is 0.250 e. The number of fused-ring (bicyclic) bond motifs is 1. The van der Waals surface area contributed by atoms with E-state index in [1.165, 1.54) is 0 Å². The number of benzene rings is 2. The van der Waals surface area contributed by atoms with Gasteiger partial charge in [0, 0.05) is 11.8 Å². The summed E-state index contributed by atoms with van der Waals surface area (Å²) >= 11 is 0. The number of carbonyl (C=O) groups is 1. The van der Waals surface area contributed by atoms with E-state index in [2.05, 4.69) is 20.3 Å². The summed E-state index contributed by atoms with van der Waals surface area (Å²) in [4.78, 5) is 16.0. The van der Waals surface area contributed by atoms with Crippen LogP contribution in [0.4, 0.5) is 0 Å². The quantitative estimate of drug-likeness (QED) is 0.557. The zero-order chi connectivity index (χ0) is 17.9. The molecule has 4 rings (SSSR count). The Morgan fingerprint density at radius 2 is 2.04 bits per heavy atom. The summed E-state index contributed by atoms with van der Waals surface area (Å²) in [6.07, 6.45) is 4.64. The highest BCUT2D eigenvalue weighted by Gasteiger charge is 2.12. The average Bonchev–Trinajstić information content (AvgIpc) is 3.29. The number of carbonyl (C=O) groups excluding carboxylic acids is 1. The van der Waals surface area contributed by atoms with Crippen molar-refractivity contribution < 1.29 is 9.32 Å². The zero-order valence-corrected chi connectivity index (χ0v) is 13.8. The van der Waals surface area contributed by atoms with Gasteiger partial charge in [0.25, 0.3) is 5.91 Å². The lowest BCUT2D eigenvalue weighted by Crippen LogP contribution is -2.12. The van der Waals surface area contributed by atoms with Crippen LogP contribution >= 0.6 is 0 Å². The number of nitrogens with two attached hydrogens (primary N) is 1. The van der Waals surface area contributed by atoms with E-state index in [1.54, 1.807) is 12.3 Å². The molecule has 0 spiro atoms. The molecular weight excluding hydrogens is 330 g/mol. The first-order chi connectivity index (χ1) is 12.7. The molecule has 7 heteroatoms. The van der Waals surface area contributed by atoms with Crippen molar-refractivity contribution in [3.8, 4) is 0 Å². The second-order valence-corrected chi connectivity index (χ2v) is 5.96. The van der Waals surface area contributed by atoms with Gasteiger partial charge in [-0.05, 0) is 29.7 Å². The fourth-order valence-electron chi connectivity index (χ4n) is 2.84. The standard InChI is InChI=1S/C19H16N5O2/c20-19(25)15-9-13(8-14-11-21-23-18(14)15)6-7-17-22-16(24-26-17)10-12-4-2-1-3-5-12/h1-5,7-9,11H,6,10H2,(H2,20,25)(H,21,23). The van der Waals surface area contributed by atoms with Crippen molar-refractivity contribution in [1.82, 2.24) is 20.3 Å². The van der Waals surface area contributed by atoms with E-state index in [4.69, 9.17) is 10.3 Å². The second kappa shape index (κ2) is 6.79. The Bertz CT molecular complexity index is 1050. The van der Waals surface area contributed by atoms with Gasteiger partial charge in [-0.1, -0.05) is 35.5 Å². The first kappa shape index (κ1) is 16.0. The number of primary amides is 1. The van der Waals surface area contributed by atoms with E-state index in [-0.39, 0.29) is 0 Å². The summed E-state index contributed by atoms with van der Waals surface area (Å²) in [6.45, 7) is 0. The lowest BCUT2D eigenvalue weighted by molar-refractivity contribution is 0.100. The molecule has 7 nitrogen and oxygen atoms in total. The normalized spacial score (nSPS) is 11.1. The highest BCUT2D eigenvalue weighted by atomic mass is 16.5. The molecule has 129 valence electrons. The Morgan fingerprint density at radius 3 is 2.85 bits per heavy atom. The van der Waals surface area contributed by atoms with Crippen molar-refractivity contribution in [3.05, 3.63) is 83.5 Å². The maximum Gasteiger partial charge on any atom is 0.250 e. The third-order valence-electron chi connectivity index (χ3n) is 4.08. The lowest BCUT2D eigenvalue weighted by atomic mass is 10.0. The third-order valence-corrected chi connectivity index (χ3v) is 4.08. The number of nitrogens with one attached hydrogen (secondary N) is 1. The number of amides is 1. The molecule has 2 aromatic carbocycles.